The molecule has 0 aromatic heterocycles. The lowest BCUT2D eigenvalue weighted by Crippen LogP contribution is -2.70. The van der Waals surface area contributed by atoms with Gasteiger partial charge >= 0.3 is 18.2 Å². The fraction of sp³-hybridized carbons (Fsp3) is 0.591. The molecule has 8 nitrogen and oxygen atoms in total. The molecule has 2 aliphatic heterocycles. The van der Waals surface area contributed by atoms with E-state index in [0.29, 0.717) is 37.1 Å². The van der Waals surface area contributed by atoms with Crippen LogP contribution < -0.4 is 10.7 Å². The first-order valence-corrected chi connectivity index (χ1v) is 11.1. The number of nitrogens with zero attached hydrogens (tertiary/aromatic N) is 2. The van der Waals surface area contributed by atoms with Gasteiger partial charge in [0.15, 0.2) is 6.04 Å². The molecule has 0 unspecified atom stereocenters. The SMILES string of the molecule is CN1Cc2c(C[C@H]3C(=O)N(C(=O)N[C@@H](C4CCCCC4)C(F)(F)F)[C@@H]3C(=O)O)cccc2N1. The van der Waals surface area contributed by atoms with Gasteiger partial charge in [0, 0.05) is 13.6 Å². The van der Waals surface area contributed by atoms with Gasteiger partial charge in [-0.1, -0.05) is 31.4 Å². The number of imide groups is 1. The molecule has 11 heteroatoms. The number of hydrogen-bond donors (Lipinski definition) is 3. The van der Waals surface area contributed by atoms with E-state index in [1.807, 2.05) is 23.4 Å². The van der Waals surface area contributed by atoms with Gasteiger partial charge in [0.25, 0.3) is 0 Å². The molecule has 2 heterocycles. The molecule has 1 aromatic rings. The molecule has 3 atom stereocenters. The van der Waals surface area contributed by atoms with Gasteiger partial charge in [-0.15, -0.1) is 0 Å². The van der Waals surface area contributed by atoms with E-state index in [0.717, 1.165) is 23.2 Å². The lowest BCUT2D eigenvalue weighted by molar-refractivity contribution is -0.172. The molecule has 3 amide bonds. The third-order valence-electron chi connectivity index (χ3n) is 6.86. The number of hydrogen-bond acceptors (Lipinski definition) is 5. The topological polar surface area (TPSA) is 102 Å². The minimum absolute atomic E-state index is 0.0869. The number of carboxylic acid groups (broad SMARTS) is 1. The summed E-state index contributed by atoms with van der Waals surface area (Å²) in [5.74, 6) is -4.00. The molecule has 0 radical (unpaired) electrons. The summed E-state index contributed by atoms with van der Waals surface area (Å²) in [6.07, 6.45) is -1.83. The maximum absolute atomic E-state index is 13.7. The van der Waals surface area contributed by atoms with Crippen LogP contribution in [0.4, 0.5) is 23.7 Å². The Morgan fingerprint density at radius 2 is 1.94 bits per heavy atom. The summed E-state index contributed by atoms with van der Waals surface area (Å²) in [4.78, 5) is 37.8. The van der Waals surface area contributed by atoms with Gasteiger partial charge in [0.2, 0.25) is 5.91 Å². The van der Waals surface area contributed by atoms with Gasteiger partial charge in [0.05, 0.1) is 11.6 Å². The van der Waals surface area contributed by atoms with Crippen molar-refractivity contribution in [1.29, 1.82) is 0 Å². The smallest absolute Gasteiger partial charge is 0.408 e. The van der Waals surface area contributed by atoms with Crippen molar-refractivity contribution in [2.45, 2.75) is 63.3 Å². The molecule has 1 aliphatic carbocycles. The second kappa shape index (κ2) is 8.85. The van der Waals surface area contributed by atoms with Crippen LogP contribution in [0.5, 0.6) is 0 Å². The number of halogens is 3. The van der Waals surface area contributed by atoms with Gasteiger partial charge < -0.3 is 15.8 Å². The van der Waals surface area contributed by atoms with E-state index in [1.54, 1.807) is 12.1 Å². The van der Waals surface area contributed by atoms with E-state index < -0.39 is 48.0 Å². The summed E-state index contributed by atoms with van der Waals surface area (Å²) in [6.45, 7) is 0.559. The lowest BCUT2D eigenvalue weighted by atomic mass is 9.81. The molecule has 3 aliphatic rings. The number of nitrogens with one attached hydrogen (secondary N) is 2. The third-order valence-corrected chi connectivity index (χ3v) is 6.86. The van der Waals surface area contributed by atoms with Crippen LogP contribution in [0, 0.1) is 11.8 Å². The third kappa shape index (κ3) is 4.50. The van der Waals surface area contributed by atoms with Crippen molar-refractivity contribution in [2.24, 2.45) is 11.8 Å². The number of urea groups is 1. The number of β-lactam (4-membered cyclic amide) rings is 1. The fourth-order valence-electron chi connectivity index (χ4n) is 5.23. The summed E-state index contributed by atoms with van der Waals surface area (Å²) < 4.78 is 41.0. The molecule has 1 saturated carbocycles. The number of aliphatic carboxylic acids is 1. The Labute approximate surface area is 189 Å². The van der Waals surface area contributed by atoms with Crippen LogP contribution in [0.2, 0.25) is 0 Å². The molecular weight excluding hydrogens is 441 g/mol. The maximum atomic E-state index is 13.7. The van der Waals surface area contributed by atoms with Crippen LogP contribution in [0.15, 0.2) is 18.2 Å². The molecule has 1 aromatic carbocycles. The first kappa shape index (κ1) is 23.3. The Morgan fingerprint density at radius 1 is 1.24 bits per heavy atom. The van der Waals surface area contributed by atoms with E-state index in [9.17, 15) is 32.7 Å². The highest BCUT2D eigenvalue weighted by Gasteiger charge is 2.56. The lowest BCUT2D eigenvalue weighted by Gasteiger charge is -2.44. The number of fused-ring (bicyclic) bond motifs is 1. The fourth-order valence-corrected chi connectivity index (χ4v) is 5.23. The Bertz CT molecular complexity index is 948. The van der Waals surface area contributed by atoms with E-state index >= 15 is 0 Å². The standard InChI is InChI=1S/C22H27F3N4O4/c1-28-11-15-13(8-5-9-16(15)27-28)10-14-17(20(31)32)29(19(14)30)21(33)26-18(22(23,24)25)12-6-3-2-4-7-12/h5,8-9,12,14,17-18,27H,2-4,6-7,10-11H2,1H3,(H,26,33)(H,31,32)/t14-,17+,18+/m1/s1. The Hall–Kier alpha value is -2.82. The van der Waals surface area contributed by atoms with Crippen molar-refractivity contribution < 1.29 is 32.7 Å². The van der Waals surface area contributed by atoms with Crippen LogP contribution in [-0.4, -0.2) is 58.2 Å². The Balaban J connectivity index is 1.50. The average molecular weight is 468 g/mol. The molecular formula is C22H27F3N4O4. The van der Waals surface area contributed by atoms with Gasteiger partial charge in [-0.2, -0.15) is 13.2 Å². The van der Waals surface area contributed by atoms with Crippen LogP contribution in [0.1, 0.15) is 43.2 Å². The summed E-state index contributed by atoms with van der Waals surface area (Å²) in [5.41, 5.74) is 5.68. The van der Waals surface area contributed by atoms with Crippen LogP contribution in [0.25, 0.3) is 0 Å². The van der Waals surface area contributed by atoms with E-state index in [1.165, 1.54) is 0 Å². The van der Waals surface area contributed by atoms with Crippen molar-refractivity contribution in [3.63, 3.8) is 0 Å². The second-order valence-corrected chi connectivity index (χ2v) is 9.08. The number of alkyl halides is 3. The molecule has 3 N–H and O–H groups in total. The predicted molar refractivity (Wildman–Crippen MR) is 112 cm³/mol. The molecule has 0 spiro atoms. The first-order valence-electron chi connectivity index (χ1n) is 11.1. The monoisotopic (exact) mass is 468 g/mol. The number of likely N-dealkylation sites (tertiary alicyclic amines) is 1. The largest absolute Gasteiger partial charge is 0.480 e. The highest BCUT2D eigenvalue weighted by atomic mass is 19.4. The van der Waals surface area contributed by atoms with Crippen LogP contribution in [0.3, 0.4) is 0 Å². The Kier molecular flexibility index (Phi) is 6.26. The van der Waals surface area contributed by atoms with E-state index in [2.05, 4.69) is 5.43 Å². The maximum Gasteiger partial charge on any atom is 0.408 e. The van der Waals surface area contributed by atoms with Gasteiger partial charge in [-0.05, 0) is 42.4 Å². The Morgan fingerprint density at radius 3 is 2.58 bits per heavy atom. The highest BCUT2D eigenvalue weighted by Crippen LogP contribution is 2.37. The molecule has 1 saturated heterocycles. The van der Waals surface area contributed by atoms with Crippen molar-refractivity contribution in [3.05, 3.63) is 29.3 Å². The quantitative estimate of drug-likeness (QED) is 0.574. The van der Waals surface area contributed by atoms with Crippen LogP contribution >= 0.6 is 0 Å². The normalized spacial score (nSPS) is 24.6. The number of carboxylic acids is 1. The molecule has 2 fully saturated rings. The summed E-state index contributed by atoms with van der Waals surface area (Å²) in [7, 11) is 1.84. The number of hydrazine groups is 1. The number of carbonyl (C=O) groups excluding carboxylic acids is 2. The number of carbonyl (C=O) groups is 3. The average Bonchev–Trinajstić information content (AvgIpc) is 3.14. The zero-order valence-corrected chi connectivity index (χ0v) is 18.2. The number of amides is 3. The number of benzene rings is 1. The molecule has 180 valence electrons. The molecule has 33 heavy (non-hydrogen) atoms. The summed E-state index contributed by atoms with van der Waals surface area (Å²) in [5, 5.41) is 13.5. The van der Waals surface area contributed by atoms with Crippen molar-refractivity contribution in [1.82, 2.24) is 15.2 Å². The van der Waals surface area contributed by atoms with Crippen LogP contribution in [-0.2, 0) is 22.6 Å². The summed E-state index contributed by atoms with van der Waals surface area (Å²) >= 11 is 0. The van der Waals surface area contributed by atoms with E-state index in [4.69, 9.17) is 0 Å². The van der Waals surface area contributed by atoms with Gasteiger partial charge in [-0.3, -0.25) is 4.79 Å². The first-order chi connectivity index (χ1) is 15.6. The van der Waals surface area contributed by atoms with Crippen molar-refractivity contribution in [3.8, 4) is 0 Å². The van der Waals surface area contributed by atoms with Crippen molar-refractivity contribution in [2.75, 3.05) is 12.5 Å². The minimum Gasteiger partial charge on any atom is -0.480 e. The van der Waals surface area contributed by atoms with Gasteiger partial charge in [0.1, 0.15) is 6.04 Å². The zero-order chi connectivity index (χ0) is 23.9. The number of rotatable bonds is 5. The second-order valence-electron chi connectivity index (χ2n) is 9.08. The predicted octanol–water partition coefficient (Wildman–Crippen LogP) is 3.13. The minimum atomic E-state index is -4.69. The van der Waals surface area contributed by atoms with Crippen molar-refractivity contribution >= 4 is 23.6 Å². The summed E-state index contributed by atoms with van der Waals surface area (Å²) in [6, 6.07) is 0.517. The molecule has 0 bridgehead atoms. The highest BCUT2D eigenvalue weighted by molar-refractivity contribution is 6.07. The van der Waals surface area contributed by atoms with Gasteiger partial charge in [-0.25, -0.2) is 19.5 Å². The zero-order valence-electron chi connectivity index (χ0n) is 18.2. The molecule has 4 rings (SSSR count). The number of anilines is 1. The van der Waals surface area contributed by atoms with E-state index in [-0.39, 0.29) is 6.42 Å².